The van der Waals surface area contributed by atoms with Crippen LogP contribution >= 0.6 is 23.2 Å². The van der Waals surface area contributed by atoms with E-state index in [0.29, 0.717) is 42.7 Å². The van der Waals surface area contributed by atoms with Gasteiger partial charge in [0.15, 0.2) is 0 Å². The van der Waals surface area contributed by atoms with E-state index in [1.807, 2.05) is 6.07 Å². The van der Waals surface area contributed by atoms with Crippen molar-refractivity contribution in [3.05, 3.63) is 33.8 Å². The summed E-state index contributed by atoms with van der Waals surface area (Å²) < 4.78 is 4.84. The number of hydrogen-bond acceptors (Lipinski definition) is 3. The Balaban J connectivity index is 2.20. The molecule has 0 aliphatic rings. The SMILES string of the molecule is COCCNC(=O)CCNCc1cc(Cl)ccc1Cl. The second kappa shape index (κ2) is 9.15. The number of nitrogens with one attached hydrogen (secondary N) is 2. The summed E-state index contributed by atoms with van der Waals surface area (Å²) >= 11 is 11.9. The Labute approximate surface area is 123 Å². The molecule has 0 atom stereocenters. The van der Waals surface area contributed by atoms with Crippen LogP contribution in [0.15, 0.2) is 18.2 Å². The molecule has 0 aliphatic carbocycles. The number of halogens is 2. The molecule has 0 fully saturated rings. The minimum Gasteiger partial charge on any atom is -0.383 e. The molecule has 1 amide bonds. The summed E-state index contributed by atoms with van der Waals surface area (Å²) in [5.74, 6) is 0.00161. The van der Waals surface area contributed by atoms with E-state index >= 15 is 0 Å². The summed E-state index contributed by atoms with van der Waals surface area (Å²) in [6.45, 7) is 2.24. The van der Waals surface area contributed by atoms with Gasteiger partial charge in [0.2, 0.25) is 5.91 Å². The van der Waals surface area contributed by atoms with Crippen LogP contribution in [-0.4, -0.2) is 32.7 Å². The van der Waals surface area contributed by atoms with Crippen molar-refractivity contribution < 1.29 is 9.53 Å². The fourth-order valence-corrected chi connectivity index (χ4v) is 1.86. The van der Waals surface area contributed by atoms with E-state index in [4.69, 9.17) is 27.9 Å². The molecule has 0 saturated heterocycles. The first-order valence-corrected chi connectivity index (χ1v) is 6.79. The molecule has 106 valence electrons. The molecule has 0 aromatic heterocycles. The van der Waals surface area contributed by atoms with Crippen molar-refractivity contribution in [3.63, 3.8) is 0 Å². The van der Waals surface area contributed by atoms with Gasteiger partial charge < -0.3 is 15.4 Å². The van der Waals surface area contributed by atoms with Gasteiger partial charge in [-0.1, -0.05) is 23.2 Å². The number of carbonyl (C=O) groups is 1. The molecule has 19 heavy (non-hydrogen) atoms. The molecule has 0 spiro atoms. The molecule has 4 nitrogen and oxygen atoms in total. The third-order valence-electron chi connectivity index (χ3n) is 2.48. The van der Waals surface area contributed by atoms with Crippen molar-refractivity contribution in [2.24, 2.45) is 0 Å². The van der Waals surface area contributed by atoms with Crippen LogP contribution < -0.4 is 10.6 Å². The number of carbonyl (C=O) groups excluding carboxylic acids is 1. The zero-order valence-corrected chi connectivity index (χ0v) is 12.4. The van der Waals surface area contributed by atoms with E-state index in [1.54, 1.807) is 19.2 Å². The number of benzene rings is 1. The highest BCUT2D eigenvalue weighted by molar-refractivity contribution is 6.33. The predicted octanol–water partition coefficient (Wildman–Crippen LogP) is 2.24. The lowest BCUT2D eigenvalue weighted by Gasteiger charge is -2.08. The number of amides is 1. The Morgan fingerprint density at radius 3 is 2.84 bits per heavy atom. The van der Waals surface area contributed by atoms with Crippen LogP contribution in [0, 0.1) is 0 Å². The molecular formula is C13H18Cl2N2O2. The van der Waals surface area contributed by atoms with Crippen LogP contribution in [0.3, 0.4) is 0 Å². The monoisotopic (exact) mass is 304 g/mol. The molecular weight excluding hydrogens is 287 g/mol. The minimum atomic E-state index is 0.00161. The second-order valence-electron chi connectivity index (χ2n) is 4.01. The molecule has 0 unspecified atom stereocenters. The summed E-state index contributed by atoms with van der Waals surface area (Å²) in [5.41, 5.74) is 0.925. The lowest BCUT2D eigenvalue weighted by Crippen LogP contribution is -2.29. The predicted molar refractivity (Wildman–Crippen MR) is 77.7 cm³/mol. The summed E-state index contributed by atoms with van der Waals surface area (Å²) in [4.78, 5) is 11.4. The van der Waals surface area contributed by atoms with Crippen LogP contribution in [0.2, 0.25) is 10.0 Å². The van der Waals surface area contributed by atoms with Crippen molar-refractivity contribution in [1.82, 2.24) is 10.6 Å². The zero-order chi connectivity index (χ0) is 14.1. The molecule has 0 heterocycles. The fourth-order valence-electron chi connectivity index (χ4n) is 1.48. The molecule has 0 saturated carbocycles. The van der Waals surface area contributed by atoms with Gasteiger partial charge >= 0.3 is 0 Å². The van der Waals surface area contributed by atoms with Gasteiger partial charge in [0.1, 0.15) is 0 Å². The van der Waals surface area contributed by atoms with Crippen molar-refractivity contribution in [2.75, 3.05) is 26.8 Å². The quantitative estimate of drug-likeness (QED) is 0.724. The number of methoxy groups -OCH3 is 1. The average molecular weight is 305 g/mol. The molecule has 1 rings (SSSR count). The Hall–Kier alpha value is -0.810. The van der Waals surface area contributed by atoms with Crippen LogP contribution in [0.1, 0.15) is 12.0 Å². The van der Waals surface area contributed by atoms with Gasteiger partial charge in [0, 0.05) is 43.2 Å². The third-order valence-corrected chi connectivity index (χ3v) is 3.08. The van der Waals surface area contributed by atoms with E-state index in [1.165, 1.54) is 0 Å². The minimum absolute atomic E-state index is 0.00161. The second-order valence-corrected chi connectivity index (χ2v) is 4.85. The van der Waals surface area contributed by atoms with Crippen LogP contribution in [0.25, 0.3) is 0 Å². The van der Waals surface area contributed by atoms with Crippen LogP contribution in [0.4, 0.5) is 0 Å². The lowest BCUT2D eigenvalue weighted by molar-refractivity contribution is -0.121. The molecule has 1 aromatic rings. The van der Waals surface area contributed by atoms with Gasteiger partial charge in [-0.3, -0.25) is 4.79 Å². The highest BCUT2D eigenvalue weighted by Crippen LogP contribution is 2.20. The summed E-state index contributed by atoms with van der Waals surface area (Å²) in [5, 5.41) is 7.23. The van der Waals surface area contributed by atoms with E-state index in [2.05, 4.69) is 10.6 Å². The van der Waals surface area contributed by atoms with Gasteiger partial charge in [-0.25, -0.2) is 0 Å². The first kappa shape index (κ1) is 16.2. The number of ether oxygens (including phenoxy) is 1. The first-order valence-electron chi connectivity index (χ1n) is 6.03. The Bertz CT molecular complexity index is 414. The molecule has 0 aliphatic heterocycles. The van der Waals surface area contributed by atoms with Crippen molar-refractivity contribution in [1.29, 1.82) is 0 Å². The molecule has 2 N–H and O–H groups in total. The van der Waals surface area contributed by atoms with E-state index in [9.17, 15) is 4.79 Å². The zero-order valence-electron chi connectivity index (χ0n) is 10.8. The van der Waals surface area contributed by atoms with Gasteiger partial charge in [-0.05, 0) is 23.8 Å². The van der Waals surface area contributed by atoms with E-state index in [0.717, 1.165) is 5.56 Å². The Morgan fingerprint density at radius 2 is 2.11 bits per heavy atom. The van der Waals surface area contributed by atoms with Gasteiger partial charge in [0.05, 0.1) is 6.61 Å². The smallest absolute Gasteiger partial charge is 0.221 e. The highest BCUT2D eigenvalue weighted by atomic mass is 35.5. The largest absolute Gasteiger partial charge is 0.383 e. The van der Waals surface area contributed by atoms with E-state index in [-0.39, 0.29) is 5.91 Å². The van der Waals surface area contributed by atoms with Crippen LogP contribution in [0.5, 0.6) is 0 Å². The average Bonchev–Trinajstić information content (AvgIpc) is 2.39. The van der Waals surface area contributed by atoms with Crippen molar-refractivity contribution in [2.45, 2.75) is 13.0 Å². The fraction of sp³-hybridized carbons (Fsp3) is 0.462. The van der Waals surface area contributed by atoms with Gasteiger partial charge in [-0.2, -0.15) is 0 Å². The normalized spacial score (nSPS) is 10.5. The summed E-state index contributed by atoms with van der Waals surface area (Å²) in [6, 6.07) is 5.32. The topological polar surface area (TPSA) is 50.4 Å². The van der Waals surface area contributed by atoms with Gasteiger partial charge in [-0.15, -0.1) is 0 Å². The third kappa shape index (κ3) is 6.78. The van der Waals surface area contributed by atoms with Crippen molar-refractivity contribution in [3.8, 4) is 0 Å². The molecule has 6 heteroatoms. The Morgan fingerprint density at radius 1 is 1.32 bits per heavy atom. The maximum Gasteiger partial charge on any atom is 0.221 e. The van der Waals surface area contributed by atoms with Crippen molar-refractivity contribution >= 4 is 29.1 Å². The molecule has 0 radical (unpaired) electrons. The Kier molecular flexibility index (Phi) is 7.82. The lowest BCUT2D eigenvalue weighted by atomic mass is 10.2. The summed E-state index contributed by atoms with van der Waals surface area (Å²) in [7, 11) is 1.60. The molecule has 0 bridgehead atoms. The highest BCUT2D eigenvalue weighted by Gasteiger charge is 2.03. The number of rotatable bonds is 8. The maximum absolute atomic E-state index is 11.4. The standard InChI is InChI=1S/C13H18Cl2N2O2/c1-19-7-6-17-13(18)4-5-16-9-10-8-11(14)2-3-12(10)15/h2-3,8,16H,4-7,9H2,1H3,(H,17,18). The van der Waals surface area contributed by atoms with Crippen LogP contribution in [-0.2, 0) is 16.1 Å². The summed E-state index contributed by atoms with van der Waals surface area (Å²) in [6.07, 6.45) is 0.419. The maximum atomic E-state index is 11.4. The van der Waals surface area contributed by atoms with Gasteiger partial charge in [0.25, 0.3) is 0 Å². The number of hydrogen-bond donors (Lipinski definition) is 2. The van der Waals surface area contributed by atoms with E-state index < -0.39 is 0 Å². The molecule has 1 aromatic carbocycles. The first-order chi connectivity index (χ1) is 9.13.